The van der Waals surface area contributed by atoms with Crippen molar-refractivity contribution < 1.29 is 4.74 Å². The Kier molecular flexibility index (Phi) is 5.08. The molecular formula is C25H27N5O. The van der Waals surface area contributed by atoms with Gasteiger partial charge in [-0.15, -0.1) is 0 Å². The topological polar surface area (TPSA) is 80.1 Å². The van der Waals surface area contributed by atoms with Crippen molar-refractivity contribution in [2.45, 2.75) is 18.3 Å². The zero-order valence-electron chi connectivity index (χ0n) is 17.7. The van der Waals surface area contributed by atoms with Gasteiger partial charge in [-0.05, 0) is 47.7 Å². The van der Waals surface area contributed by atoms with Crippen LogP contribution in [-0.2, 0) is 5.41 Å². The lowest BCUT2D eigenvalue weighted by atomic mass is 9.72. The van der Waals surface area contributed by atoms with Crippen LogP contribution in [0.15, 0.2) is 67.1 Å². The van der Waals surface area contributed by atoms with E-state index in [4.69, 9.17) is 10.5 Å². The molecule has 158 valence electrons. The second kappa shape index (κ2) is 8.04. The molecule has 0 saturated carbocycles. The quantitative estimate of drug-likeness (QED) is 0.514. The third-order valence-electron chi connectivity index (χ3n) is 6.64. The number of hydrogen-bond acceptors (Lipinski definition) is 5. The molecule has 6 nitrogen and oxygen atoms in total. The Morgan fingerprint density at radius 3 is 2.58 bits per heavy atom. The highest BCUT2D eigenvalue weighted by atomic mass is 16.5. The summed E-state index contributed by atoms with van der Waals surface area (Å²) < 4.78 is 5.29. The van der Waals surface area contributed by atoms with E-state index < -0.39 is 0 Å². The first-order valence-corrected chi connectivity index (χ1v) is 10.7. The van der Waals surface area contributed by atoms with Gasteiger partial charge in [0.1, 0.15) is 23.5 Å². The van der Waals surface area contributed by atoms with Crippen molar-refractivity contribution in [2.24, 2.45) is 5.73 Å². The minimum atomic E-state index is -0.0245. The Balaban J connectivity index is 1.40. The van der Waals surface area contributed by atoms with Crippen molar-refractivity contribution in [1.82, 2.24) is 15.0 Å². The van der Waals surface area contributed by atoms with Crippen LogP contribution in [-0.4, -0.2) is 41.7 Å². The van der Waals surface area contributed by atoms with E-state index in [-0.39, 0.29) is 5.41 Å². The van der Waals surface area contributed by atoms with Gasteiger partial charge in [0.2, 0.25) is 0 Å². The summed E-state index contributed by atoms with van der Waals surface area (Å²) in [5, 5.41) is 1.07. The van der Waals surface area contributed by atoms with Gasteiger partial charge >= 0.3 is 0 Å². The van der Waals surface area contributed by atoms with Crippen LogP contribution >= 0.6 is 0 Å². The maximum Gasteiger partial charge on any atom is 0.142 e. The Labute approximate surface area is 182 Å². The molecule has 1 fully saturated rings. The summed E-state index contributed by atoms with van der Waals surface area (Å²) in [6, 6.07) is 19.1. The second-order valence-corrected chi connectivity index (χ2v) is 8.22. The van der Waals surface area contributed by atoms with Crippen LogP contribution in [0.2, 0.25) is 0 Å². The zero-order valence-corrected chi connectivity index (χ0v) is 17.7. The van der Waals surface area contributed by atoms with E-state index >= 15 is 0 Å². The summed E-state index contributed by atoms with van der Waals surface area (Å²) in [4.78, 5) is 14.4. The van der Waals surface area contributed by atoms with Crippen molar-refractivity contribution in [1.29, 1.82) is 0 Å². The number of fused-ring (bicyclic) bond motifs is 1. The molecule has 1 saturated heterocycles. The summed E-state index contributed by atoms with van der Waals surface area (Å²) >= 11 is 0. The summed E-state index contributed by atoms with van der Waals surface area (Å²) in [5.41, 5.74) is 11.0. The number of H-pyrrole nitrogens is 1. The number of aromatic amines is 1. The molecule has 0 aliphatic carbocycles. The molecule has 2 aromatic carbocycles. The van der Waals surface area contributed by atoms with Gasteiger partial charge in [0, 0.05) is 31.2 Å². The molecule has 2 aromatic heterocycles. The van der Waals surface area contributed by atoms with Gasteiger partial charge in [-0.2, -0.15) is 0 Å². The van der Waals surface area contributed by atoms with E-state index in [0.29, 0.717) is 6.54 Å². The number of benzene rings is 2. The van der Waals surface area contributed by atoms with Crippen LogP contribution in [0.25, 0.3) is 22.2 Å². The third-order valence-corrected chi connectivity index (χ3v) is 6.64. The van der Waals surface area contributed by atoms with Gasteiger partial charge in [0.15, 0.2) is 0 Å². The Morgan fingerprint density at radius 2 is 1.84 bits per heavy atom. The molecule has 0 bridgehead atoms. The highest BCUT2D eigenvalue weighted by Crippen LogP contribution is 2.38. The molecule has 3 heterocycles. The lowest BCUT2D eigenvalue weighted by molar-refractivity contribution is 0.339. The molecule has 0 unspecified atom stereocenters. The van der Waals surface area contributed by atoms with Gasteiger partial charge in [-0.1, -0.05) is 36.4 Å². The normalized spacial score (nSPS) is 15.9. The van der Waals surface area contributed by atoms with E-state index in [1.54, 1.807) is 13.4 Å². The number of aromatic nitrogens is 3. The summed E-state index contributed by atoms with van der Waals surface area (Å²) in [7, 11) is 1.69. The van der Waals surface area contributed by atoms with Crippen molar-refractivity contribution in [3.05, 3.63) is 72.7 Å². The van der Waals surface area contributed by atoms with E-state index in [1.165, 1.54) is 16.7 Å². The molecule has 0 spiro atoms. The predicted molar refractivity (Wildman–Crippen MR) is 124 cm³/mol. The van der Waals surface area contributed by atoms with Crippen molar-refractivity contribution in [3.63, 3.8) is 0 Å². The number of nitrogens with zero attached hydrogens (tertiary/aromatic N) is 3. The van der Waals surface area contributed by atoms with Crippen LogP contribution in [0.4, 0.5) is 5.82 Å². The van der Waals surface area contributed by atoms with Crippen molar-refractivity contribution in [2.75, 3.05) is 31.6 Å². The number of hydrogen-bond donors (Lipinski definition) is 2. The van der Waals surface area contributed by atoms with Gasteiger partial charge in [0.25, 0.3) is 0 Å². The average Bonchev–Trinajstić information content (AvgIpc) is 3.33. The fourth-order valence-corrected chi connectivity index (χ4v) is 4.68. The van der Waals surface area contributed by atoms with Gasteiger partial charge < -0.3 is 20.4 Å². The standard InChI is InChI=1S/C25H27N5O/c1-31-21-7-5-18(6-8-21)19-3-2-4-20(15-19)25(16-26)10-13-30(14-11-25)24-22-9-12-27-23(22)28-17-29-24/h2-9,12,15,17H,10-11,13-14,16,26H2,1H3,(H,27,28,29). The first kappa shape index (κ1) is 19.6. The van der Waals surface area contributed by atoms with E-state index in [9.17, 15) is 0 Å². The van der Waals surface area contributed by atoms with E-state index in [1.807, 2.05) is 24.4 Å². The fraction of sp³-hybridized carbons (Fsp3) is 0.280. The fourth-order valence-electron chi connectivity index (χ4n) is 4.68. The zero-order chi connectivity index (χ0) is 21.3. The minimum absolute atomic E-state index is 0.0245. The molecule has 6 heteroatoms. The third kappa shape index (κ3) is 3.53. The molecule has 3 N–H and O–H groups in total. The minimum Gasteiger partial charge on any atom is -0.497 e. The SMILES string of the molecule is COc1ccc(-c2cccc(C3(CN)CCN(c4ncnc5[nH]ccc45)CC3)c2)cc1. The number of anilines is 1. The van der Waals surface area contributed by atoms with E-state index in [0.717, 1.165) is 48.5 Å². The lowest BCUT2D eigenvalue weighted by Gasteiger charge is -2.42. The molecule has 1 aliphatic heterocycles. The Morgan fingerprint density at radius 1 is 1.03 bits per heavy atom. The number of rotatable bonds is 5. The highest BCUT2D eigenvalue weighted by molar-refractivity contribution is 5.87. The monoisotopic (exact) mass is 413 g/mol. The van der Waals surface area contributed by atoms with Crippen LogP contribution in [0, 0.1) is 0 Å². The molecule has 0 atom stereocenters. The molecule has 0 amide bonds. The smallest absolute Gasteiger partial charge is 0.142 e. The number of ether oxygens (including phenoxy) is 1. The van der Waals surface area contributed by atoms with Gasteiger partial charge in [-0.3, -0.25) is 0 Å². The average molecular weight is 414 g/mol. The maximum absolute atomic E-state index is 6.39. The second-order valence-electron chi connectivity index (χ2n) is 8.22. The van der Waals surface area contributed by atoms with Crippen LogP contribution in [0.1, 0.15) is 18.4 Å². The Bertz CT molecular complexity index is 1180. The molecule has 0 radical (unpaired) electrons. The van der Waals surface area contributed by atoms with Crippen molar-refractivity contribution >= 4 is 16.9 Å². The van der Waals surface area contributed by atoms with Gasteiger partial charge in [-0.25, -0.2) is 9.97 Å². The number of nitrogens with two attached hydrogens (primary N) is 1. The summed E-state index contributed by atoms with van der Waals surface area (Å²) in [6.45, 7) is 2.47. The van der Waals surface area contributed by atoms with Crippen LogP contribution < -0.4 is 15.4 Å². The predicted octanol–water partition coefficient (Wildman–Crippen LogP) is 4.13. The Hall–Kier alpha value is -3.38. The van der Waals surface area contributed by atoms with Crippen LogP contribution in [0.3, 0.4) is 0 Å². The number of nitrogens with one attached hydrogen (secondary N) is 1. The maximum atomic E-state index is 6.39. The molecular weight excluding hydrogens is 386 g/mol. The molecule has 5 rings (SSSR count). The highest BCUT2D eigenvalue weighted by Gasteiger charge is 2.36. The van der Waals surface area contributed by atoms with Crippen molar-refractivity contribution in [3.8, 4) is 16.9 Å². The first-order chi connectivity index (χ1) is 15.2. The number of piperidine rings is 1. The number of methoxy groups -OCH3 is 1. The molecule has 4 aromatic rings. The summed E-state index contributed by atoms with van der Waals surface area (Å²) in [6.07, 6.45) is 5.54. The first-order valence-electron chi connectivity index (χ1n) is 10.7. The molecule has 1 aliphatic rings. The largest absolute Gasteiger partial charge is 0.497 e. The van der Waals surface area contributed by atoms with E-state index in [2.05, 4.69) is 56.3 Å². The summed E-state index contributed by atoms with van der Waals surface area (Å²) in [5.74, 6) is 1.87. The molecule has 31 heavy (non-hydrogen) atoms. The van der Waals surface area contributed by atoms with Gasteiger partial charge in [0.05, 0.1) is 12.5 Å². The lowest BCUT2D eigenvalue weighted by Crippen LogP contribution is -2.47. The van der Waals surface area contributed by atoms with Crippen LogP contribution in [0.5, 0.6) is 5.75 Å².